The molecule has 0 fully saturated rings. The molecule has 0 radical (unpaired) electrons. The maximum absolute atomic E-state index is 12.5. The monoisotopic (exact) mass is 922 g/mol. The summed E-state index contributed by atoms with van der Waals surface area (Å²) in [5.74, 6) is -0.0794. The van der Waals surface area contributed by atoms with Crippen LogP contribution < -0.4 is 5.32 Å². The van der Waals surface area contributed by atoms with Gasteiger partial charge in [-0.15, -0.1) is 0 Å². The molecule has 0 spiro atoms. The average molecular weight is 923 g/mol. The van der Waals surface area contributed by atoms with E-state index in [2.05, 4.69) is 67.8 Å². The van der Waals surface area contributed by atoms with E-state index < -0.39 is 12.1 Å². The van der Waals surface area contributed by atoms with Gasteiger partial charge in [-0.05, 0) is 70.6 Å². The fourth-order valence-corrected chi connectivity index (χ4v) is 8.97. The fourth-order valence-electron chi connectivity index (χ4n) is 8.97. The molecule has 0 rings (SSSR count). The van der Waals surface area contributed by atoms with Crippen molar-refractivity contribution in [1.29, 1.82) is 0 Å². The molecule has 66 heavy (non-hydrogen) atoms. The summed E-state index contributed by atoms with van der Waals surface area (Å²) in [4.78, 5) is 12.5. The molecule has 4 nitrogen and oxygen atoms in total. The standard InChI is InChI=1S/C62H115NO3/c1-3-5-7-9-11-13-15-17-19-21-23-25-27-28-29-30-31-32-33-34-36-37-39-41-43-45-47-49-51-53-55-57-61(65)60(59-64)63-62(66)58-56-54-52-50-48-46-44-42-40-38-35-26-24-22-20-18-16-14-12-10-8-6-4-2/h16,18,22,24,35,38,47,49,55,57,60-61,64-65H,3-15,17,19-21,23,25-34,36-37,39-46,48,50-54,56,58-59H2,1-2H3,(H,63,66)/b18-16-,24-22-,38-35-,49-47+,57-55+. The van der Waals surface area contributed by atoms with E-state index in [1.54, 1.807) is 6.08 Å². The van der Waals surface area contributed by atoms with Crippen LogP contribution in [0.5, 0.6) is 0 Å². The van der Waals surface area contributed by atoms with Crippen LogP contribution >= 0.6 is 0 Å². The van der Waals surface area contributed by atoms with Crippen LogP contribution in [0.3, 0.4) is 0 Å². The third-order valence-corrected chi connectivity index (χ3v) is 13.5. The number of amides is 1. The summed E-state index contributed by atoms with van der Waals surface area (Å²) in [5, 5.41) is 23.2. The molecule has 0 aromatic heterocycles. The molecule has 386 valence electrons. The molecule has 0 bridgehead atoms. The number of aliphatic hydroxyl groups is 2. The van der Waals surface area contributed by atoms with Crippen molar-refractivity contribution < 1.29 is 15.0 Å². The quantitative estimate of drug-likeness (QED) is 0.0420. The minimum atomic E-state index is -0.869. The summed E-state index contributed by atoms with van der Waals surface area (Å²) in [7, 11) is 0. The van der Waals surface area contributed by atoms with Crippen molar-refractivity contribution in [2.45, 2.75) is 321 Å². The van der Waals surface area contributed by atoms with Crippen molar-refractivity contribution in [3.8, 4) is 0 Å². The Morgan fingerprint density at radius 1 is 0.364 bits per heavy atom. The maximum atomic E-state index is 12.5. The largest absolute Gasteiger partial charge is 0.394 e. The lowest BCUT2D eigenvalue weighted by Gasteiger charge is -2.19. The predicted octanol–water partition coefficient (Wildman–Crippen LogP) is 19.6. The summed E-state index contributed by atoms with van der Waals surface area (Å²) < 4.78 is 0. The van der Waals surface area contributed by atoms with E-state index in [4.69, 9.17) is 0 Å². The average Bonchev–Trinajstić information content (AvgIpc) is 3.32. The van der Waals surface area contributed by atoms with Crippen molar-refractivity contribution in [2.24, 2.45) is 0 Å². The smallest absolute Gasteiger partial charge is 0.220 e. The van der Waals surface area contributed by atoms with Gasteiger partial charge in [-0.2, -0.15) is 0 Å². The molecule has 0 aliphatic carbocycles. The molecular weight excluding hydrogens is 807 g/mol. The Labute approximate surface area is 413 Å². The molecule has 0 heterocycles. The van der Waals surface area contributed by atoms with E-state index in [1.807, 2.05) is 6.08 Å². The SMILES string of the molecule is CCCCCCC/C=C\C/C=C\C/C=C\CCCCCCCCCCC(=O)NC(CO)C(O)/C=C/CC/C=C/CCCCCCCCCCCCCCCCCCCCCCCCCCC. The van der Waals surface area contributed by atoms with Gasteiger partial charge in [0.25, 0.3) is 0 Å². The molecule has 4 heteroatoms. The van der Waals surface area contributed by atoms with Crippen LogP contribution in [0.4, 0.5) is 0 Å². The zero-order valence-electron chi connectivity index (χ0n) is 44.5. The number of unbranched alkanes of at least 4 members (excludes halogenated alkanes) is 39. The summed E-state index contributed by atoms with van der Waals surface area (Å²) in [6, 6.07) is -0.647. The van der Waals surface area contributed by atoms with Gasteiger partial charge in [0.15, 0.2) is 0 Å². The molecule has 1 amide bonds. The molecule has 2 unspecified atom stereocenters. The van der Waals surface area contributed by atoms with Crippen LogP contribution in [0.1, 0.15) is 309 Å². The van der Waals surface area contributed by atoms with Gasteiger partial charge in [0.2, 0.25) is 5.91 Å². The van der Waals surface area contributed by atoms with E-state index in [0.29, 0.717) is 6.42 Å². The highest BCUT2D eigenvalue weighted by atomic mass is 16.3. The Bertz CT molecular complexity index is 1090. The molecule has 0 aliphatic rings. The maximum Gasteiger partial charge on any atom is 0.220 e. The topological polar surface area (TPSA) is 69.6 Å². The Kier molecular flexibility index (Phi) is 55.7. The lowest BCUT2D eigenvalue weighted by Crippen LogP contribution is -2.45. The number of nitrogens with one attached hydrogen (secondary N) is 1. The Morgan fingerprint density at radius 2 is 0.636 bits per heavy atom. The lowest BCUT2D eigenvalue weighted by molar-refractivity contribution is -0.123. The Balaban J connectivity index is 3.53. The van der Waals surface area contributed by atoms with E-state index in [9.17, 15) is 15.0 Å². The van der Waals surface area contributed by atoms with Crippen molar-refractivity contribution in [1.82, 2.24) is 5.32 Å². The minimum Gasteiger partial charge on any atom is -0.394 e. The number of allylic oxidation sites excluding steroid dienone is 9. The zero-order valence-corrected chi connectivity index (χ0v) is 44.5. The van der Waals surface area contributed by atoms with Crippen LogP contribution in [-0.4, -0.2) is 34.9 Å². The Hall–Kier alpha value is -1.91. The van der Waals surface area contributed by atoms with Crippen molar-refractivity contribution in [3.63, 3.8) is 0 Å². The normalized spacial score (nSPS) is 13.2. The van der Waals surface area contributed by atoms with Crippen molar-refractivity contribution in [2.75, 3.05) is 6.61 Å². The van der Waals surface area contributed by atoms with E-state index in [1.165, 1.54) is 238 Å². The number of hydrogen-bond acceptors (Lipinski definition) is 3. The van der Waals surface area contributed by atoms with E-state index >= 15 is 0 Å². The second-order valence-electron chi connectivity index (χ2n) is 20.1. The highest BCUT2D eigenvalue weighted by Crippen LogP contribution is 2.17. The number of rotatable bonds is 54. The second-order valence-corrected chi connectivity index (χ2v) is 20.1. The van der Waals surface area contributed by atoms with Gasteiger partial charge < -0.3 is 15.5 Å². The van der Waals surface area contributed by atoms with Crippen LogP contribution in [0.15, 0.2) is 60.8 Å². The predicted molar refractivity (Wildman–Crippen MR) is 294 cm³/mol. The first kappa shape index (κ1) is 64.1. The summed E-state index contributed by atoms with van der Waals surface area (Å²) in [6.07, 6.45) is 81.1. The highest BCUT2D eigenvalue weighted by molar-refractivity contribution is 5.76. The first-order valence-electron chi connectivity index (χ1n) is 29.5. The van der Waals surface area contributed by atoms with Crippen molar-refractivity contribution >= 4 is 5.91 Å². The first-order valence-corrected chi connectivity index (χ1v) is 29.5. The van der Waals surface area contributed by atoms with Crippen LogP contribution in [0.2, 0.25) is 0 Å². The summed E-state index contributed by atoms with van der Waals surface area (Å²) in [5.41, 5.74) is 0. The van der Waals surface area contributed by atoms with Crippen LogP contribution in [0.25, 0.3) is 0 Å². The van der Waals surface area contributed by atoms with Crippen LogP contribution in [0, 0.1) is 0 Å². The van der Waals surface area contributed by atoms with Gasteiger partial charge in [0, 0.05) is 6.42 Å². The van der Waals surface area contributed by atoms with Gasteiger partial charge in [0.1, 0.15) is 0 Å². The van der Waals surface area contributed by atoms with E-state index in [0.717, 1.165) is 51.4 Å². The number of aliphatic hydroxyl groups excluding tert-OH is 2. The highest BCUT2D eigenvalue weighted by Gasteiger charge is 2.18. The number of carbonyl (C=O) groups is 1. The lowest BCUT2D eigenvalue weighted by atomic mass is 10.0. The summed E-state index contributed by atoms with van der Waals surface area (Å²) >= 11 is 0. The summed E-state index contributed by atoms with van der Waals surface area (Å²) in [6.45, 7) is 4.31. The number of hydrogen-bond donors (Lipinski definition) is 3. The molecule has 0 saturated heterocycles. The minimum absolute atomic E-state index is 0.0794. The molecule has 2 atom stereocenters. The molecular formula is C62H115NO3. The molecule has 0 aromatic carbocycles. The van der Waals surface area contributed by atoms with Gasteiger partial charge in [-0.1, -0.05) is 293 Å². The van der Waals surface area contributed by atoms with Crippen LogP contribution in [-0.2, 0) is 4.79 Å². The number of carbonyl (C=O) groups excluding carboxylic acids is 1. The van der Waals surface area contributed by atoms with Gasteiger partial charge in [0.05, 0.1) is 18.8 Å². The van der Waals surface area contributed by atoms with E-state index in [-0.39, 0.29) is 12.5 Å². The molecule has 3 N–H and O–H groups in total. The second kappa shape index (κ2) is 57.4. The van der Waals surface area contributed by atoms with Gasteiger partial charge in [-0.3, -0.25) is 4.79 Å². The molecule has 0 saturated carbocycles. The van der Waals surface area contributed by atoms with Crippen molar-refractivity contribution in [3.05, 3.63) is 60.8 Å². The van der Waals surface area contributed by atoms with Gasteiger partial charge >= 0.3 is 0 Å². The van der Waals surface area contributed by atoms with Gasteiger partial charge in [-0.25, -0.2) is 0 Å². The first-order chi connectivity index (χ1) is 32.7. The third-order valence-electron chi connectivity index (χ3n) is 13.5. The molecule has 0 aromatic rings. The third kappa shape index (κ3) is 53.1. The molecule has 0 aliphatic heterocycles. The fraction of sp³-hybridized carbons (Fsp3) is 0.823. The Morgan fingerprint density at radius 3 is 0.985 bits per heavy atom. The zero-order chi connectivity index (χ0) is 47.7.